The molecule has 1 atom stereocenters. The van der Waals surface area contributed by atoms with Gasteiger partial charge in [-0.25, -0.2) is 4.79 Å². The molecule has 4 aromatic rings. The van der Waals surface area contributed by atoms with Gasteiger partial charge in [-0.2, -0.15) is 5.10 Å². The molecule has 11 heteroatoms. The molecule has 2 heterocycles. The maximum atomic E-state index is 13.8. The Bertz CT molecular complexity index is 1900. The number of hydrogen-bond donors (Lipinski definition) is 3. The zero-order chi connectivity index (χ0) is 34.7. The van der Waals surface area contributed by atoms with E-state index < -0.39 is 17.9 Å². The molecule has 1 aliphatic rings. The first-order valence-corrected chi connectivity index (χ1v) is 16.4. The average Bonchev–Trinajstić information content (AvgIpc) is 3.75. The molecule has 5 rings (SSSR count). The Labute approximate surface area is 285 Å². The van der Waals surface area contributed by atoms with Crippen molar-refractivity contribution >= 4 is 35.0 Å². The number of aliphatic carboxylic acids is 1. The van der Waals surface area contributed by atoms with Gasteiger partial charge in [0.05, 0.1) is 18.8 Å². The van der Waals surface area contributed by atoms with Crippen molar-refractivity contribution in [3.8, 4) is 16.9 Å². The van der Waals surface area contributed by atoms with Crippen LogP contribution in [0.1, 0.15) is 76.1 Å². The Hall–Kier alpha value is -4.83. The number of hydrogen-bond acceptors (Lipinski definition) is 6. The second kappa shape index (κ2) is 14.5. The van der Waals surface area contributed by atoms with E-state index in [1.54, 1.807) is 13.0 Å². The number of carboxylic acids is 1. The van der Waals surface area contributed by atoms with Gasteiger partial charge in [-0.05, 0) is 105 Å². The van der Waals surface area contributed by atoms with Crippen LogP contribution in [-0.2, 0) is 29.6 Å². The number of carbonyl (C=O) groups is 3. The van der Waals surface area contributed by atoms with Gasteiger partial charge >= 0.3 is 5.97 Å². The smallest absolute Gasteiger partial charge is 0.326 e. The van der Waals surface area contributed by atoms with E-state index in [9.17, 15) is 19.5 Å². The van der Waals surface area contributed by atoms with Crippen LogP contribution in [0.5, 0.6) is 5.75 Å². The van der Waals surface area contributed by atoms with Crippen molar-refractivity contribution < 1.29 is 28.6 Å². The first-order chi connectivity index (χ1) is 22.9. The van der Waals surface area contributed by atoms with Crippen molar-refractivity contribution in [2.24, 2.45) is 7.05 Å². The number of ether oxygens (including phenoxy) is 1. The van der Waals surface area contributed by atoms with Crippen molar-refractivity contribution in [2.75, 3.05) is 6.61 Å². The first-order valence-electron chi connectivity index (χ1n) is 16.0. The van der Waals surface area contributed by atoms with E-state index >= 15 is 0 Å². The zero-order valence-corrected chi connectivity index (χ0v) is 28.9. The van der Waals surface area contributed by atoms with E-state index in [1.165, 1.54) is 6.07 Å². The molecule has 0 saturated heterocycles. The second-order valence-electron chi connectivity index (χ2n) is 12.2. The number of benzene rings is 2. The van der Waals surface area contributed by atoms with Crippen molar-refractivity contribution in [3.05, 3.63) is 98.2 Å². The summed E-state index contributed by atoms with van der Waals surface area (Å²) in [5.74, 6) is -0.861. The van der Waals surface area contributed by atoms with Gasteiger partial charge in [-0.1, -0.05) is 36.7 Å². The summed E-state index contributed by atoms with van der Waals surface area (Å²) in [6.07, 6.45) is 2.01. The number of carbonyl (C=O) groups excluding carboxylic acids is 2. The molecule has 0 unspecified atom stereocenters. The van der Waals surface area contributed by atoms with Gasteiger partial charge in [0.2, 0.25) is 5.91 Å². The highest BCUT2D eigenvalue weighted by molar-refractivity contribution is 6.32. The van der Waals surface area contributed by atoms with Gasteiger partial charge in [-0.15, -0.1) is 0 Å². The summed E-state index contributed by atoms with van der Waals surface area (Å²) in [4.78, 5) is 37.7. The summed E-state index contributed by atoms with van der Waals surface area (Å²) in [7, 11) is 1.93. The molecule has 0 spiro atoms. The molecular weight excluding hydrogens is 632 g/mol. The number of aryl methyl sites for hydroxylation is 4. The minimum Gasteiger partial charge on any atom is -0.494 e. The monoisotopic (exact) mass is 672 g/mol. The van der Waals surface area contributed by atoms with Gasteiger partial charge in [0, 0.05) is 35.3 Å². The molecule has 0 saturated carbocycles. The van der Waals surface area contributed by atoms with E-state index in [0.717, 1.165) is 61.1 Å². The number of amides is 2. The van der Waals surface area contributed by atoms with E-state index in [0.29, 0.717) is 37.2 Å². The average molecular weight is 673 g/mol. The third kappa shape index (κ3) is 7.18. The van der Waals surface area contributed by atoms with Gasteiger partial charge in [0.25, 0.3) is 5.91 Å². The predicted octanol–water partition coefficient (Wildman–Crippen LogP) is 6.65. The van der Waals surface area contributed by atoms with E-state index in [-0.39, 0.29) is 24.6 Å². The molecule has 0 radical (unpaired) electrons. The Morgan fingerprint density at radius 3 is 2.42 bits per heavy atom. The molecule has 1 aliphatic carbocycles. The molecule has 48 heavy (non-hydrogen) atoms. The predicted molar refractivity (Wildman–Crippen MR) is 184 cm³/mol. The Morgan fingerprint density at radius 2 is 1.77 bits per heavy atom. The number of rotatable bonds is 13. The van der Waals surface area contributed by atoms with Crippen LogP contribution in [0.15, 0.2) is 52.5 Å². The summed E-state index contributed by atoms with van der Waals surface area (Å²) in [5, 5.41) is 20.0. The highest BCUT2D eigenvalue weighted by atomic mass is 35.5. The highest BCUT2D eigenvalue weighted by Crippen LogP contribution is 2.42. The van der Waals surface area contributed by atoms with Crippen LogP contribution in [-0.4, -0.2) is 45.3 Å². The van der Waals surface area contributed by atoms with Crippen LogP contribution in [0.25, 0.3) is 16.7 Å². The van der Waals surface area contributed by atoms with Crippen molar-refractivity contribution in [1.82, 2.24) is 20.4 Å². The summed E-state index contributed by atoms with van der Waals surface area (Å²) in [5.41, 5.74) is 9.80. The number of nitrogens with one attached hydrogen (secondary N) is 2. The fourth-order valence-corrected chi connectivity index (χ4v) is 6.38. The summed E-state index contributed by atoms with van der Waals surface area (Å²) >= 11 is 6.33. The lowest BCUT2D eigenvalue weighted by Gasteiger charge is -2.13. The first kappa shape index (κ1) is 34.5. The molecule has 10 nitrogen and oxygen atoms in total. The molecule has 0 fully saturated rings. The fraction of sp³-hybridized carbons (Fsp3) is 0.351. The Kier molecular flexibility index (Phi) is 10.4. The minimum absolute atomic E-state index is 0.0231. The van der Waals surface area contributed by atoms with E-state index in [4.69, 9.17) is 20.8 Å². The van der Waals surface area contributed by atoms with Gasteiger partial charge in [0.1, 0.15) is 17.6 Å². The largest absolute Gasteiger partial charge is 0.494 e. The van der Waals surface area contributed by atoms with Crippen LogP contribution in [0, 0.1) is 27.7 Å². The molecule has 0 aliphatic heterocycles. The summed E-state index contributed by atoms with van der Waals surface area (Å²) < 4.78 is 13.6. The van der Waals surface area contributed by atoms with Crippen LogP contribution >= 0.6 is 11.6 Å². The quantitative estimate of drug-likeness (QED) is 0.135. The lowest BCUT2D eigenvalue weighted by Crippen LogP contribution is -2.40. The molecule has 0 bridgehead atoms. The third-order valence-corrected chi connectivity index (χ3v) is 9.44. The normalized spacial score (nSPS) is 13.0. The number of nitrogens with zero attached hydrogens (tertiary/aromatic N) is 2. The fourth-order valence-electron chi connectivity index (χ4n) is 6.27. The van der Waals surface area contributed by atoms with E-state index in [2.05, 4.69) is 27.9 Å². The van der Waals surface area contributed by atoms with Crippen molar-refractivity contribution in [2.45, 2.75) is 72.9 Å². The third-order valence-electron chi connectivity index (χ3n) is 8.84. The Morgan fingerprint density at radius 1 is 1.06 bits per heavy atom. The molecular formula is C37H41ClN4O6. The number of halogens is 1. The van der Waals surface area contributed by atoms with Gasteiger partial charge < -0.3 is 24.9 Å². The summed E-state index contributed by atoms with van der Waals surface area (Å²) in [6.45, 7) is 10.1. The highest BCUT2D eigenvalue weighted by Gasteiger charge is 2.30. The number of fused-ring (bicyclic) bond motifs is 1. The SMILES string of the molecule is CC[C@H](NC(=O)c1ccc(CNC(=O)C2=C(CCCOc3cc(C)c(Cl)c(C)c3)c3cccc(-c4c(C)nn(C)c4C)c3C2)o1)C(=O)O. The molecule has 2 aromatic carbocycles. The zero-order valence-electron chi connectivity index (χ0n) is 28.1. The summed E-state index contributed by atoms with van der Waals surface area (Å²) in [6, 6.07) is 12.1. The topological polar surface area (TPSA) is 136 Å². The van der Waals surface area contributed by atoms with Crippen molar-refractivity contribution in [3.63, 3.8) is 0 Å². The van der Waals surface area contributed by atoms with E-state index in [1.807, 2.05) is 57.6 Å². The van der Waals surface area contributed by atoms with Crippen LogP contribution < -0.4 is 15.4 Å². The number of aromatic nitrogens is 2. The molecule has 3 N–H and O–H groups in total. The lowest BCUT2D eigenvalue weighted by atomic mass is 9.93. The van der Waals surface area contributed by atoms with Crippen molar-refractivity contribution in [1.29, 1.82) is 0 Å². The second-order valence-corrected chi connectivity index (χ2v) is 12.6. The number of allylic oxidation sites excluding steroid dienone is 1. The maximum absolute atomic E-state index is 13.8. The molecule has 2 amide bonds. The molecule has 252 valence electrons. The van der Waals surface area contributed by atoms with Gasteiger partial charge in [-0.3, -0.25) is 14.3 Å². The lowest BCUT2D eigenvalue weighted by molar-refractivity contribution is -0.139. The minimum atomic E-state index is -1.12. The molecule has 2 aromatic heterocycles. The number of carboxylic acid groups (broad SMARTS) is 1. The van der Waals surface area contributed by atoms with Crippen LogP contribution in [0.2, 0.25) is 5.02 Å². The number of furan rings is 1. The van der Waals surface area contributed by atoms with Crippen LogP contribution in [0.4, 0.5) is 0 Å². The Balaban J connectivity index is 1.35. The van der Waals surface area contributed by atoms with Crippen LogP contribution in [0.3, 0.4) is 0 Å². The van der Waals surface area contributed by atoms with Gasteiger partial charge in [0.15, 0.2) is 5.76 Å². The standard InChI is InChI=1S/C37H41ClN4O6/c1-7-31(37(45)46)40-36(44)32-14-13-24(48-32)19-39-35(43)30-18-29-26(10-8-11-28(29)33-22(4)41-42(6)23(33)5)27(30)12-9-15-47-25-16-20(2)34(38)21(3)17-25/h8,10-11,13-14,16-17,31H,7,9,12,15,18-19H2,1-6H3,(H,39,43)(H,40,44)(H,45,46)/t31-/m0/s1. The maximum Gasteiger partial charge on any atom is 0.326 e.